The van der Waals surface area contributed by atoms with Crippen molar-refractivity contribution >= 4 is 5.69 Å². The van der Waals surface area contributed by atoms with Crippen LogP contribution in [0.2, 0.25) is 0 Å². The average Bonchev–Trinajstić information content (AvgIpc) is 2.23. The molecular weight excluding hydrogens is 176 g/mol. The molecule has 0 saturated heterocycles. The van der Waals surface area contributed by atoms with Gasteiger partial charge in [0.25, 0.3) is 0 Å². The molecule has 1 atom stereocenters. The third-order valence-electron chi connectivity index (χ3n) is 2.55. The number of hydrogen-bond donors (Lipinski definition) is 0. The van der Waals surface area contributed by atoms with Crippen molar-refractivity contribution in [2.45, 2.75) is 12.5 Å². The molecule has 0 aliphatic carbocycles. The first-order valence-electron chi connectivity index (χ1n) is 4.64. The highest BCUT2D eigenvalue weighted by molar-refractivity contribution is 5.60. The fourth-order valence-corrected chi connectivity index (χ4v) is 1.67. The number of ether oxygens (including phenoxy) is 1. The predicted molar refractivity (Wildman–Crippen MR) is 54.4 cm³/mol. The molecule has 0 fully saturated rings. The largest absolute Gasteiger partial charge is 0.489 e. The summed E-state index contributed by atoms with van der Waals surface area (Å²) >= 11 is 0. The highest BCUT2D eigenvalue weighted by atomic mass is 16.5. The maximum absolute atomic E-state index is 8.65. The molecule has 0 spiro atoms. The Hall–Kier alpha value is -1.69. The van der Waals surface area contributed by atoms with Gasteiger partial charge in [0.05, 0.1) is 24.2 Å². The zero-order valence-corrected chi connectivity index (χ0v) is 8.10. The molecule has 14 heavy (non-hydrogen) atoms. The van der Waals surface area contributed by atoms with Crippen LogP contribution in [-0.4, -0.2) is 19.7 Å². The summed E-state index contributed by atoms with van der Waals surface area (Å²) in [6.45, 7) is 0.598. The molecule has 0 radical (unpaired) electrons. The molecular formula is C11H12N2O. The molecule has 1 aromatic carbocycles. The minimum absolute atomic E-state index is 0.176. The smallest absolute Gasteiger partial charge is 0.142 e. The van der Waals surface area contributed by atoms with E-state index < -0.39 is 0 Å². The van der Waals surface area contributed by atoms with Crippen molar-refractivity contribution in [3.8, 4) is 11.8 Å². The monoisotopic (exact) mass is 188 g/mol. The number of anilines is 1. The van der Waals surface area contributed by atoms with Gasteiger partial charge in [0.15, 0.2) is 0 Å². The van der Waals surface area contributed by atoms with Gasteiger partial charge in [0.1, 0.15) is 12.4 Å². The Kier molecular flexibility index (Phi) is 2.28. The van der Waals surface area contributed by atoms with Gasteiger partial charge in [-0.25, -0.2) is 0 Å². The Bertz CT molecular complexity index is 370. The van der Waals surface area contributed by atoms with E-state index in [9.17, 15) is 0 Å². The standard InChI is InChI=1S/C11H12N2O/c1-13-9(6-7-12)8-14-11-5-3-2-4-10(11)13/h2-5,9H,6,8H2,1H3. The van der Waals surface area contributed by atoms with Gasteiger partial charge in [-0.3, -0.25) is 0 Å². The zero-order chi connectivity index (χ0) is 9.97. The van der Waals surface area contributed by atoms with Crippen LogP contribution in [0.1, 0.15) is 6.42 Å². The number of nitrogens with zero attached hydrogens (tertiary/aromatic N) is 2. The van der Waals surface area contributed by atoms with Crippen molar-refractivity contribution in [1.82, 2.24) is 0 Å². The Morgan fingerprint density at radius 1 is 1.57 bits per heavy atom. The first-order valence-corrected chi connectivity index (χ1v) is 4.64. The van der Waals surface area contributed by atoms with E-state index >= 15 is 0 Å². The lowest BCUT2D eigenvalue weighted by atomic mass is 10.1. The van der Waals surface area contributed by atoms with E-state index in [0.717, 1.165) is 11.4 Å². The van der Waals surface area contributed by atoms with Gasteiger partial charge < -0.3 is 9.64 Å². The van der Waals surface area contributed by atoms with Gasteiger partial charge in [-0.2, -0.15) is 5.26 Å². The van der Waals surface area contributed by atoms with Crippen molar-refractivity contribution < 1.29 is 4.74 Å². The summed E-state index contributed by atoms with van der Waals surface area (Å²) < 4.78 is 5.57. The molecule has 3 nitrogen and oxygen atoms in total. The lowest BCUT2D eigenvalue weighted by Crippen LogP contribution is -2.40. The molecule has 0 bridgehead atoms. The maximum atomic E-state index is 8.65. The number of benzene rings is 1. The van der Waals surface area contributed by atoms with E-state index in [2.05, 4.69) is 11.0 Å². The normalized spacial score (nSPS) is 19.4. The molecule has 72 valence electrons. The highest BCUT2D eigenvalue weighted by Gasteiger charge is 2.23. The van der Waals surface area contributed by atoms with E-state index in [-0.39, 0.29) is 6.04 Å². The van der Waals surface area contributed by atoms with E-state index in [0.29, 0.717) is 13.0 Å². The first kappa shape index (κ1) is 8.89. The second-order valence-electron chi connectivity index (χ2n) is 3.41. The number of likely N-dealkylation sites (N-methyl/N-ethyl adjacent to an activating group) is 1. The van der Waals surface area contributed by atoms with Crippen LogP contribution in [0.25, 0.3) is 0 Å². The van der Waals surface area contributed by atoms with Crippen LogP contribution in [-0.2, 0) is 0 Å². The fraction of sp³-hybridized carbons (Fsp3) is 0.364. The van der Waals surface area contributed by atoms with Gasteiger partial charge in [0.2, 0.25) is 0 Å². The second-order valence-corrected chi connectivity index (χ2v) is 3.41. The molecule has 3 heteroatoms. The molecule has 0 aromatic heterocycles. The van der Waals surface area contributed by atoms with Crippen LogP contribution in [0.15, 0.2) is 24.3 Å². The van der Waals surface area contributed by atoms with Crippen LogP contribution >= 0.6 is 0 Å². The van der Waals surface area contributed by atoms with Crippen LogP contribution in [0.3, 0.4) is 0 Å². The molecule has 0 N–H and O–H groups in total. The van der Waals surface area contributed by atoms with E-state index in [1.807, 2.05) is 31.3 Å². The van der Waals surface area contributed by atoms with Crippen LogP contribution in [0, 0.1) is 11.3 Å². The Morgan fingerprint density at radius 2 is 2.36 bits per heavy atom. The number of rotatable bonds is 1. The summed E-state index contributed by atoms with van der Waals surface area (Å²) in [5.74, 6) is 0.907. The second kappa shape index (κ2) is 3.59. The van der Waals surface area contributed by atoms with E-state index in [4.69, 9.17) is 10.00 Å². The molecule has 2 rings (SSSR count). The summed E-state index contributed by atoms with van der Waals surface area (Å²) in [7, 11) is 2.00. The number of hydrogen-bond acceptors (Lipinski definition) is 3. The maximum Gasteiger partial charge on any atom is 0.142 e. The summed E-state index contributed by atoms with van der Waals surface area (Å²) in [4.78, 5) is 2.11. The first-order chi connectivity index (χ1) is 6.83. The molecule has 1 aliphatic rings. The van der Waals surface area contributed by atoms with Gasteiger partial charge in [-0.1, -0.05) is 12.1 Å². The summed E-state index contributed by atoms with van der Waals surface area (Å²) in [6, 6.07) is 10.3. The number of para-hydroxylation sites is 2. The summed E-state index contributed by atoms with van der Waals surface area (Å²) in [5, 5.41) is 8.65. The van der Waals surface area contributed by atoms with Crippen LogP contribution in [0.5, 0.6) is 5.75 Å². The van der Waals surface area contributed by atoms with Crippen molar-refractivity contribution in [2.75, 3.05) is 18.6 Å². The van der Waals surface area contributed by atoms with Gasteiger partial charge in [-0.05, 0) is 12.1 Å². The lowest BCUT2D eigenvalue weighted by Gasteiger charge is -2.34. The third kappa shape index (κ3) is 1.39. The molecule has 1 aliphatic heterocycles. The Balaban J connectivity index is 2.28. The molecule has 1 unspecified atom stereocenters. The molecule has 1 aromatic rings. The van der Waals surface area contributed by atoms with E-state index in [1.54, 1.807) is 0 Å². The summed E-state index contributed by atoms with van der Waals surface area (Å²) in [5.41, 5.74) is 1.07. The zero-order valence-electron chi connectivity index (χ0n) is 8.10. The Morgan fingerprint density at radius 3 is 3.14 bits per heavy atom. The van der Waals surface area contributed by atoms with Gasteiger partial charge in [0, 0.05) is 7.05 Å². The van der Waals surface area contributed by atoms with E-state index in [1.165, 1.54) is 0 Å². The SMILES string of the molecule is CN1c2ccccc2OCC1CC#N. The van der Waals surface area contributed by atoms with Gasteiger partial charge >= 0.3 is 0 Å². The molecule has 0 saturated carbocycles. The molecule has 1 heterocycles. The average molecular weight is 188 g/mol. The predicted octanol–water partition coefficient (Wildman–Crippen LogP) is 1.80. The van der Waals surface area contributed by atoms with Crippen molar-refractivity contribution in [3.05, 3.63) is 24.3 Å². The number of fused-ring (bicyclic) bond motifs is 1. The highest BCUT2D eigenvalue weighted by Crippen LogP contribution is 2.32. The van der Waals surface area contributed by atoms with Gasteiger partial charge in [-0.15, -0.1) is 0 Å². The van der Waals surface area contributed by atoms with Crippen molar-refractivity contribution in [2.24, 2.45) is 0 Å². The van der Waals surface area contributed by atoms with Crippen LogP contribution < -0.4 is 9.64 Å². The Labute approximate surface area is 83.5 Å². The molecule has 0 amide bonds. The minimum atomic E-state index is 0.176. The summed E-state index contributed by atoms with van der Waals surface area (Å²) in [6.07, 6.45) is 0.505. The minimum Gasteiger partial charge on any atom is -0.489 e. The quantitative estimate of drug-likeness (QED) is 0.674. The third-order valence-corrected chi connectivity index (χ3v) is 2.55. The van der Waals surface area contributed by atoms with Crippen molar-refractivity contribution in [3.63, 3.8) is 0 Å². The topological polar surface area (TPSA) is 36.3 Å². The van der Waals surface area contributed by atoms with Crippen molar-refractivity contribution in [1.29, 1.82) is 5.26 Å². The lowest BCUT2D eigenvalue weighted by molar-refractivity contribution is 0.268. The number of nitriles is 1. The van der Waals surface area contributed by atoms with Crippen LogP contribution in [0.4, 0.5) is 5.69 Å². The fourth-order valence-electron chi connectivity index (χ4n) is 1.67.